The number of methoxy groups -OCH3 is 1. The van der Waals surface area contributed by atoms with Crippen molar-refractivity contribution in [2.45, 2.75) is 79.2 Å². The first-order valence-electron chi connectivity index (χ1n) is 10.6. The Morgan fingerprint density at radius 3 is 2.61 bits per heavy atom. The fraction of sp³-hybridized carbons (Fsp3) is 0.826. The van der Waals surface area contributed by atoms with Crippen molar-refractivity contribution in [2.24, 2.45) is 28.6 Å². The van der Waals surface area contributed by atoms with E-state index in [4.69, 9.17) is 9.47 Å². The molecule has 2 aliphatic carbocycles. The van der Waals surface area contributed by atoms with Crippen LogP contribution in [0, 0.1) is 28.6 Å². The number of ether oxygens (including phenoxy) is 2. The Morgan fingerprint density at radius 2 is 2.00 bits per heavy atom. The van der Waals surface area contributed by atoms with Gasteiger partial charge >= 0.3 is 11.9 Å². The van der Waals surface area contributed by atoms with Crippen LogP contribution in [0.4, 0.5) is 0 Å². The summed E-state index contributed by atoms with van der Waals surface area (Å²) in [6.45, 7) is 10.6. The Labute approximate surface area is 169 Å². The number of esters is 2. The highest BCUT2D eigenvalue weighted by Gasteiger charge is 2.55. The van der Waals surface area contributed by atoms with Crippen molar-refractivity contribution in [3.05, 3.63) is 11.6 Å². The second-order valence-electron chi connectivity index (χ2n) is 9.74. The van der Waals surface area contributed by atoms with Gasteiger partial charge in [-0.3, -0.25) is 9.59 Å². The minimum Gasteiger partial charge on any atom is -0.469 e. The minimum absolute atomic E-state index is 0.0535. The number of carbonyl (C=O) groups is 2. The van der Waals surface area contributed by atoms with Crippen molar-refractivity contribution >= 4 is 11.9 Å². The van der Waals surface area contributed by atoms with Crippen molar-refractivity contribution in [3.8, 4) is 0 Å². The maximum absolute atomic E-state index is 11.6. The summed E-state index contributed by atoms with van der Waals surface area (Å²) in [6.07, 6.45) is 6.93. The van der Waals surface area contributed by atoms with E-state index in [9.17, 15) is 14.7 Å². The second kappa shape index (κ2) is 8.98. The van der Waals surface area contributed by atoms with Crippen LogP contribution in [0.1, 0.15) is 73.1 Å². The zero-order valence-electron chi connectivity index (χ0n) is 18.4. The van der Waals surface area contributed by atoms with Gasteiger partial charge in [-0.25, -0.2) is 0 Å². The van der Waals surface area contributed by atoms with Crippen LogP contribution in [0.3, 0.4) is 0 Å². The SMILES string of the molecule is COC(=O)CC(C)CCC1C(COC(C)=O)=CCC2C(C)(C)C(O)CCC12C. The summed E-state index contributed by atoms with van der Waals surface area (Å²) in [7, 11) is 1.43. The summed E-state index contributed by atoms with van der Waals surface area (Å²) >= 11 is 0. The summed E-state index contributed by atoms with van der Waals surface area (Å²) in [5.41, 5.74) is 1.11. The molecule has 5 heteroatoms. The Balaban J connectivity index is 2.23. The van der Waals surface area contributed by atoms with E-state index in [1.807, 2.05) is 0 Å². The normalized spacial score (nSPS) is 32.7. The molecule has 1 fully saturated rings. The lowest BCUT2D eigenvalue weighted by molar-refractivity contribution is -0.143. The lowest BCUT2D eigenvalue weighted by Crippen LogP contribution is -2.54. The maximum atomic E-state index is 11.6. The molecule has 0 amide bonds. The predicted molar refractivity (Wildman–Crippen MR) is 108 cm³/mol. The molecule has 0 saturated heterocycles. The second-order valence-corrected chi connectivity index (χ2v) is 9.74. The Hall–Kier alpha value is -1.36. The zero-order valence-corrected chi connectivity index (χ0v) is 18.4. The van der Waals surface area contributed by atoms with Gasteiger partial charge in [0, 0.05) is 13.3 Å². The topological polar surface area (TPSA) is 72.8 Å². The lowest BCUT2D eigenvalue weighted by atomic mass is 9.47. The summed E-state index contributed by atoms with van der Waals surface area (Å²) < 4.78 is 10.2. The third-order valence-electron chi connectivity index (χ3n) is 7.50. The van der Waals surface area contributed by atoms with Gasteiger partial charge in [-0.05, 0) is 66.3 Å². The fourth-order valence-electron chi connectivity index (χ4n) is 5.68. The quantitative estimate of drug-likeness (QED) is 0.515. The number of hydrogen-bond acceptors (Lipinski definition) is 5. The highest BCUT2D eigenvalue weighted by atomic mass is 16.5. The van der Waals surface area contributed by atoms with Gasteiger partial charge in [-0.1, -0.05) is 33.8 Å². The first kappa shape index (κ1) is 22.9. The number of aliphatic hydroxyl groups excluding tert-OH is 1. The Bertz CT molecular complexity index is 608. The number of allylic oxidation sites excluding steroid dienone is 1. The van der Waals surface area contributed by atoms with E-state index in [0.717, 1.165) is 32.1 Å². The first-order valence-corrected chi connectivity index (χ1v) is 10.6. The van der Waals surface area contributed by atoms with Crippen molar-refractivity contribution in [3.63, 3.8) is 0 Å². The molecule has 0 aromatic heterocycles. The standard InChI is InChI=1S/C23H38O5/c1-15(13-21(26)27-6)7-9-18-17(14-28-16(2)24)8-10-19-22(3,4)20(25)11-12-23(18,19)5/h8,15,18-20,25H,7,9-14H2,1-6H3. The number of hydrogen-bond donors (Lipinski definition) is 1. The van der Waals surface area contributed by atoms with Crippen LogP contribution >= 0.6 is 0 Å². The third kappa shape index (κ3) is 4.79. The molecule has 160 valence electrons. The molecular weight excluding hydrogens is 356 g/mol. The van der Waals surface area contributed by atoms with Crippen LogP contribution in [0.15, 0.2) is 11.6 Å². The van der Waals surface area contributed by atoms with E-state index >= 15 is 0 Å². The van der Waals surface area contributed by atoms with E-state index in [1.54, 1.807) is 0 Å². The van der Waals surface area contributed by atoms with Gasteiger partial charge in [0.05, 0.1) is 13.2 Å². The molecule has 0 aromatic rings. The number of aliphatic hydroxyl groups is 1. The van der Waals surface area contributed by atoms with Crippen molar-refractivity contribution < 1.29 is 24.2 Å². The van der Waals surface area contributed by atoms with Crippen LogP contribution in [-0.4, -0.2) is 36.9 Å². The van der Waals surface area contributed by atoms with Gasteiger partial charge in [0.25, 0.3) is 0 Å². The van der Waals surface area contributed by atoms with E-state index in [1.165, 1.54) is 19.6 Å². The predicted octanol–water partition coefficient (Wildman–Crippen LogP) is 4.28. The van der Waals surface area contributed by atoms with Crippen LogP contribution in [0.5, 0.6) is 0 Å². The average molecular weight is 395 g/mol. The fourth-order valence-corrected chi connectivity index (χ4v) is 5.68. The van der Waals surface area contributed by atoms with Crippen molar-refractivity contribution in [1.29, 1.82) is 0 Å². The summed E-state index contributed by atoms with van der Waals surface area (Å²) in [5, 5.41) is 10.6. The van der Waals surface area contributed by atoms with E-state index in [2.05, 4.69) is 33.8 Å². The number of carbonyl (C=O) groups excluding carboxylic acids is 2. The minimum atomic E-state index is -0.284. The van der Waals surface area contributed by atoms with Gasteiger partial charge in [-0.2, -0.15) is 0 Å². The van der Waals surface area contributed by atoms with Crippen LogP contribution in [0.2, 0.25) is 0 Å². The Morgan fingerprint density at radius 1 is 1.32 bits per heavy atom. The molecule has 2 rings (SSSR count). The molecular formula is C23H38O5. The summed E-state index contributed by atoms with van der Waals surface area (Å²) in [5.74, 6) is 0.486. The highest BCUT2D eigenvalue weighted by Crippen LogP contribution is 2.60. The molecule has 2 aliphatic rings. The molecule has 5 unspecified atom stereocenters. The van der Waals surface area contributed by atoms with Gasteiger partial charge in [0.15, 0.2) is 0 Å². The molecule has 5 atom stereocenters. The molecule has 1 N–H and O–H groups in total. The molecule has 0 radical (unpaired) electrons. The third-order valence-corrected chi connectivity index (χ3v) is 7.50. The van der Waals surface area contributed by atoms with Gasteiger partial charge in [-0.15, -0.1) is 0 Å². The molecule has 5 nitrogen and oxygen atoms in total. The molecule has 0 spiro atoms. The molecule has 1 saturated carbocycles. The smallest absolute Gasteiger partial charge is 0.305 e. The van der Waals surface area contributed by atoms with E-state index < -0.39 is 0 Å². The molecule has 0 heterocycles. The molecule has 0 aromatic carbocycles. The van der Waals surface area contributed by atoms with Crippen LogP contribution in [0.25, 0.3) is 0 Å². The van der Waals surface area contributed by atoms with Crippen molar-refractivity contribution in [1.82, 2.24) is 0 Å². The van der Waals surface area contributed by atoms with E-state index in [-0.39, 0.29) is 40.7 Å². The monoisotopic (exact) mass is 394 g/mol. The average Bonchev–Trinajstić information content (AvgIpc) is 2.62. The molecule has 0 aliphatic heterocycles. The zero-order chi connectivity index (χ0) is 21.1. The van der Waals surface area contributed by atoms with Gasteiger partial charge in [0.2, 0.25) is 0 Å². The number of fused-ring (bicyclic) bond motifs is 1. The lowest BCUT2D eigenvalue weighted by Gasteiger charge is -2.58. The first-order chi connectivity index (χ1) is 13.0. The molecule has 28 heavy (non-hydrogen) atoms. The number of rotatable bonds is 7. The van der Waals surface area contributed by atoms with Gasteiger partial charge < -0.3 is 14.6 Å². The molecule has 0 bridgehead atoms. The van der Waals surface area contributed by atoms with Crippen molar-refractivity contribution in [2.75, 3.05) is 13.7 Å². The van der Waals surface area contributed by atoms with Gasteiger partial charge in [0.1, 0.15) is 6.61 Å². The highest BCUT2D eigenvalue weighted by molar-refractivity contribution is 5.69. The summed E-state index contributed by atoms with van der Waals surface area (Å²) in [4.78, 5) is 23.0. The van der Waals surface area contributed by atoms with Crippen LogP contribution in [-0.2, 0) is 19.1 Å². The maximum Gasteiger partial charge on any atom is 0.305 e. The largest absolute Gasteiger partial charge is 0.469 e. The summed E-state index contributed by atoms with van der Waals surface area (Å²) in [6, 6.07) is 0. The van der Waals surface area contributed by atoms with E-state index in [0.29, 0.717) is 18.9 Å². The Kier molecular flexibility index (Phi) is 7.35. The van der Waals surface area contributed by atoms with Crippen LogP contribution < -0.4 is 0 Å².